The van der Waals surface area contributed by atoms with E-state index in [1.165, 1.54) is 16.2 Å². The van der Waals surface area contributed by atoms with Crippen molar-refractivity contribution >= 4 is 55.3 Å². The third-order valence-corrected chi connectivity index (χ3v) is 8.25. The first-order valence-electron chi connectivity index (χ1n) is 12.4. The van der Waals surface area contributed by atoms with Gasteiger partial charge in [-0.2, -0.15) is 0 Å². The summed E-state index contributed by atoms with van der Waals surface area (Å²) in [5.41, 5.74) is 4.22. The van der Waals surface area contributed by atoms with E-state index in [1.54, 1.807) is 28.7 Å². The number of aromatic nitrogens is 2. The number of hydrogen-bond acceptors (Lipinski definition) is 5. The highest BCUT2D eigenvalue weighted by atomic mass is 32.1. The fourth-order valence-electron chi connectivity index (χ4n) is 5.73. The Bertz CT molecular complexity index is 2150. The first-order valence-corrected chi connectivity index (χ1v) is 13.3. The average molecular weight is 524 g/mol. The van der Waals surface area contributed by atoms with E-state index in [4.69, 9.17) is 4.98 Å². The van der Waals surface area contributed by atoms with E-state index in [1.807, 2.05) is 78.2 Å². The third-order valence-electron chi connectivity index (χ3n) is 7.40. The minimum Gasteiger partial charge on any atom is -0.268 e. The minimum atomic E-state index is -0.394. The summed E-state index contributed by atoms with van der Waals surface area (Å²) in [5.74, 6) is -0.787. The van der Waals surface area contributed by atoms with Gasteiger partial charge in [-0.3, -0.25) is 18.8 Å². The van der Waals surface area contributed by atoms with Gasteiger partial charge in [-0.15, -0.1) is 11.3 Å². The number of fused-ring (bicyclic) bond motifs is 2. The summed E-state index contributed by atoms with van der Waals surface area (Å²) >= 11 is 1.33. The zero-order valence-corrected chi connectivity index (χ0v) is 21.1. The lowest BCUT2D eigenvalue weighted by molar-refractivity contribution is 0.0894. The molecule has 0 aliphatic carbocycles. The van der Waals surface area contributed by atoms with Crippen molar-refractivity contribution in [3.05, 3.63) is 124 Å². The van der Waals surface area contributed by atoms with Crippen LogP contribution < -0.4 is 10.5 Å². The van der Waals surface area contributed by atoms with Crippen molar-refractivity contribution in [3.63, 3.8) is 0 Å². The largest absolute Gasteiger partial charge is 0.268 e. The Hall–Kier alpha value is -5.14. The van der Waals surface area contributed by atoms with Gasteiger partial charge in [0.15, 0.2) is 0 Å². The molecular formula is C32H17N3O3S. The van der Waals surface area contributed by atoms with Crippen LogP contribution in [0.5, 0.6) is 0 Å². The Morgan fingerprint density at radius 1 is 0.615 bits per heavy atom. The molecule has 0 radical (unpaired) electrons. The van der Waals surface area contributed by atoms with Gasteiger partial charge in [-0.05, 0) is 41.8 Å². The highest BCUT2D eigenvalue weighted by Crippen LogP contribution is 2.41. The van der Waals surface area contributed by atoms with Gasteiger partial charge in [0.2, 0.25) is 0 Å². The number of imide groups is 1. The summed E-state index contributed by atoms with van der Waals surface area (Å²) in [6.07, 6.45) is 0. The number of amides is 2. The van der Waals surface area contributed by atoms with Crippen molar-refractivity contribution < 1.29 is 9.59 Å². The molecule has 0 bridgehead atoms. The molecule has 8 rings (SSSR count). The molecule has 0 spiro atoms. The number of imidazole rings is 1. The predicted molar refractivity (Wildman–Crippen MR) is 154 cm³/mol. The van der Waals surface area contributed by atoms with Gasteiger partial charge in [0.05, 0.1) is 11.4 Å². The van der Waals surface area contributed by atoms with Gasteiger partial charge in [-0.25, -0.2) is 9.88 Å². The molecule has 4 heterocycles. The van der Waals surface area contributed by atoms with Gasteiger partial charge in [0.25, 0.3) is 17.4 Å². The van der Waals surface area contributed by atoms with Crippen LogP contribution in [0.25, 0.3) is 49.7 Å². The third kappa shape index (κ3) is 2.90. The number of nitrogens with zero attached hydrogens (tertiary/aromatic N) is 3. The SMILES string of the molecule is O=C1c2ccc3c(=O)n4c(-c5ccccc5)c(-c5ccccc5)nc4c4ccc(c2c34)C(=O)N1c1cccs1. The monoisotopic (exact) mass is 523 g/mol. The van der Waals surface area contributed by atoms with Crippen molar-refractivity contribution in [2.75, 3.05) is 4.90 Å². The fraction of sp³-hybridized carbons (Fsp3) is 0. The van der Waals surface area contributed by atoms with E-state index in [0.29, 0.717) is 49.3 Å². The summed E-state index contributed by atoms with van der Waals surface area (Å²) in [5, 5.41) is 4.67. The summed E-state index contributed by atoms with van der Waals surface area (Å²) in [6, 6.07) is 30.1. The molecule has 184 valence electrons. The molecule has 0 saturated carbocycles. The van der Waals surface area contributed by atoms with Gasteiger partial charge in [0.1, 0.15) is 10.6 Å². The second kappa shape index (κ2) is 7.93. The maximum absolute atomic E-state index is 14.2. The summed E-state index contributed by atoms with van der Waals surface area (Å²) < 4.78 is 1.67. The van der Waals surface area contributed by atoms with Crippen molar-refractivity contribution in [2.45, 2.75) is 0 Å². The van der Waals surface area contributed by atoms with Gasteiger partial charge < -0.3 is 0 Å². The zero-order chi connectivity index (χ0) is 26.2. The standard InChI is InChI=1S/C32H17N3O3S/c36-30-22-14-13-20-25-21(15-16-23(26(22)25)31(37)34(30)24-12-7-17-39-24)32(38)35-28(19-10-5-2-6-11-19)27(33-29(20)35)18-8-3-1-4-9-18/h1-17H. The van der Waals surface area contributed by atoms with Crippen LogP contribution in [-0.4, -0.2) is 21.2 Å². The fourth-order valence-corrected chi connectivity index (χ4v) is 6.45. The number of anilines is 1. The molecule has 7 heteroatoms. The van der Waals surface area contributed by atoms with Crippen LogP contribution >= 0.6 is 11.3 Å². The van der Waals surface area contributed by atoms with E-state index in [0.717, 1.165) is 16.5 Å². The van der Waals surface area contributed by atoms with Crippen LogP contribution in [0.3, 0.4) is 0 Å². The number of carbonyl (C=O) groups is 2. The van der Waals surface area contributed by atoms with Crippen molar-refractivity contribution in [2.24, 2.45) is 0 Å². The van der Waals surface area contributed by atoms with Crippen LogP contribution in [0.4, 0.5) is 5.00 Å². The lowest BCUT2D eigenvalue weighted by Crippen LogP contribution is -2.40. The highest BCUT2D eigenvalue weighted by Gasteiger charge is 2.36. The Morgan fingerprint density at radius 2 is 1.26 bits per heavy atom. The van der Waals surface area contributed by atoms with Crippen molar-refractivity contribution in [1.82, 2.24) is 9.38 Å². The van der Waals surface area contributed by atoms with Crippen LogP contribution in [0.15, 0.2) is 107 Å². The molecule has 6 nitrogen and oxygen atoms in total. The molecule has 0 N–H and O–H groups in total. The summed E-state index contributed by atoms with van der Waals surface area (Å²) in [4.78, 5) is 47.7. The highest BCUT2D eigenvalue weighted by molar-refractivity contribution is 7.14. The zero-order valence-electron chi connectivity index (χ0n) is 20.3. The first-order chi connectivity index (χ1) is 19.1. The van der Waals surface area contributed by atoms with Gasteiger partial charge >= 0.3 is 0 Å². The van der Waals surface area contributed by atoms with E-state index in [9.17, 15) is 14.4 Å². The van der Waals surface area contributed by atoms with Crippen LogP contribution in [0.1, 0.15) is 20.7 Å². The number of hydrogen-bond donors (Lipinski definition) is 0. The topological polar surface area (TPSA) is 71.7 Å². The number of thiophene rings is 1. The average Bonchev–Trinajstić information content (AvgIpc) is 3.65. The molecule has 0 fully saturated rings. The number of pyridine rings is 1. The Kier molecular flexibility index (Phi) is 4.45. The molecule has 3 aromatic heterocycles. The Labute approximate surface area is 225 Å². The quantitative estimate of drug-likeness (QED) is 0.244. The van der Waals surface area contributed by atoms with Gasteiger partial charge in [0, 0.05) is 43.8 Å². The van der Waals surface area contributed by atoms with E-state index < -0.39 is 11.8 Å². The molecule has 0 saturated heterocycles. The lowest BCUT2D eigenvalue weighted by atomic mass is 9.90. The van der Waals surface area contributed by atoms with E-state index in [-0.39, 0.29) is 5.56 Å². The molecule has 1 aliphatic heterocycles. The van der Waals surface area contributed by atoms with E-state index >= 15 is 0 Å². The van der Waals surface area contributed by atoms with Crippen LogP contribution in [0.2, 0.25) is 0 Å². The predicted octanol–water partition coefficient (Wildman–Crippen LogP) is 6.63. The Morgan fingerprint density at radius 3 is 1.90 bits per heavy atom. The second-order valence-electron chi connectivity index (χ2n) is 9.47. The van der Waals surface area contributed by atoms with Crippen molar-refractivity contribution in [1.29, 1.82) is 0 Å². The molecule has 7 aromatic rings. The maximum Gasteiger partial charge on any atom is 0.266 e. The van der Waals surface area contributed by atoms with Crippen LogP contribution in [0, 0.1) is 0 Å². The Balaban J connectivity index is 1.51. The molecule has 4 aromatic carbocycles. The number of rotatable bonds is 3. The minimum absolute atomic E-state index is 0.240. The molecule has 2 amide bonds. The summed E-state index contributed by atoms with van der Waals surface area (Å²) in [6.45, 7) is 0. The molecular weight excluding hydrogens is 506 g/mol. The van der Waals surface area contributed by atoms with Gasteiger partial charge in [-0.1, -0.05) is 60.7 Å². The molecule has 0 unspecified atom stereocenters. The number of carbonyl (C=O) groups excluding carboxylic acids is 2. The number of benzene rings is 4. The normalized spacial score (nSPS) is 13.3. The lowest BCUT2D eigenvalue weighted by Gasteiger charge is -2.26. The van der Waals surface area contributed by atoms with E-state index in [2.05, 4.69) is 0 Å². The molecule has 1 aliphatic rings. The molecule has 39 heavy (non-hydrogen) atoms. The smallest absolute Gasteiger partial charge is 0.266 e. The maximum atomic E-state index is 14.2. The summed E-state index contributed by atoms with van der Waals surface area (Å²) in [7, 11) is 0. The van der Waals surface area contributed by atoms with Crippen LogP contribution in [-0.2, 0) is 0 Å². The first kappa shape index (κ1) is 21.9. The second-order valence-corrected chi connectivity index (χ2v) is 10.4. The molecule has 0 atom stereocenters. The van der Waals surface area contributed by atoms with Crippen molar-refractivity contribution in [3.8, 4) is 22.5 Å².